The van der Waals surface area contributed by atoms with E-state index in [1.54, 1.807) is 24.3 Å². The second kappa shape index (κ2) is 273. The number of benzene rings is 2. The number of aryl methyl sites for hydroxylation is 2. The van der Waals surface area contributed by atoms with Crippen molar-refractivity contribution in [2.24, 2.45) is 0 Å². The SMILES string of the molecule is Cc1ccc([O-])cc1.Cc1ccc([O-])cc1.F.F.F.F.F.F.O.O.O.O.O.O.[IH2+].[IH2+].[IH2+].[IH2+].[IH2+].[IH2+].[IH2+].[IH2+].[IH2+].[IH2+].[OH-].[OH-].[OH-].[OH-].[OH-].[OH-].[OH-].[OH-].[OH-].[OH-].[Sb].[Sb].[Sb].[Sb].[Sb].[Sb]. The molecule has 18 radical (unpaired) electrons. The van der Waals surface area contributed by atoms with Crippen LogP contribution < -0.4 is 250 Å². The first-order valence-electron chi connectivity index (χ1n) is 5.05. The van der Waals surface area contributed by atoms with Gasteiger partial charge < -0.3 is 97.8 Å². The average Bonchev–Trinajstić information content (AvgIpc) is 2.28. The first-order chi connectivity index (χ1) is 7.58. The van der Waals surface area contributed by atoms with E-state index in [2.05, 4.69) is 0 Å². The van der Waals surface area contributed by atoms with E-state index in [-0.39, 0.29) is 514 Å². The molecule has 0 saturated heterocycles. The van der Waals surface area contributed by atoms with E-state index in [9.17, 15) is 10.2 Å². The monoisotopic (exact) mass is 2630 g/mol. The quantitative estimate of drug-likeness (QED) is 0.135. The van der Waals surface area contributed by atoms with Gasteiger partial charge in [0.05, 0.1) is 0 Å². The fourth-order valence-electron chi connectivity index (χ4n) is 1.08. The fourth-order valence-corrected chi connectivity index (χ4v) is 1.08. The first kappa shape index (κ1) is 385. The van der Waals surface area contributed by atoms with Gasteiger partial charge in [-0.3, -0.25) is 28.2 Å². The second-order valence-electron chi connectivity index (χ2n) is 3.63. The maximum Gasteiger partial charge on any atom is 0.235 e. The van der Waals surface area contributed by atoms with Crippen molar-refractivity contribution in [3.05, 3.63) is 59.7 Å². The molecular weight excluding hydrogens is 2570 g/mol. The van der Waals surface area contributed by atoms with Crippen LogP contribution in [0.5, 0.6) is 11.5 Å². The minimum Gasteiger partial charge on any atom is -0.872 e. The summed E-state index contributed by atoms with van der Waals surface area (Å²) in [5.41, 5.74) is 2.26. The van der Waals surface area contributed by atoms with E-state index < -0.39 is 0 Å². The third-order valence-corrected chi connectivity index (χ3v) is 2.04. The minimum atomic E-state index is 0. The molecule has 0 aromatic heterocycles. The smallest absolute Gasteiger partial charge is 0.235 e. The van der Waals surface area contributed by atoms with Crippen molar-refractivity contribution in [3.63, 3.8) is 0 Å². The van der Waals surface area contributed by atoms with Crippen molar-refractivity contribution < 1.29 is 366 Å². The number of rotatable bonds is 0. The molecule has 18 nitrogen and oxygen atoms in total. The first-order valence-corrected chi connectivity index (χ1v) is 5.05. The molecule has 0 aliphatic heterocycles. The van der Waals surface area contributed by atoms with Crippen LogP contribution in [0.4, 0.5) is 28.2 Å². The van der Waals surface area contributed by atoms with Gasteiger partial charge >= 0.3 is 0 Å². The molecule has 0 bridgehead atoms. The standard InChI is InChI=1S/2C7H8O.6FH.10H2I.16H2O.6Sb/c2*1-6-2-4-7(8)5-3-6;;;;;;;;;;;;;;;;;;;;;;;;;;;;;;;;;;;;;;/h2*2-5,8H,1H3;6*1H;26*1H2;;;;;;/q;;;;;;;;10*+1;;;;;;;;;;;;;;;;;;;;;;/p-12. The average molecular weight is 2630 g/mol. The molecule has 22 N–H and O–H groups in total. The predicted molar refractivity (Wildman–Crippen MR) is 180 cm³/mol. The topological polar surface area (TPSA) is 535 Å². The maximum absolute atomic E-state index is 10.4. The van der Waals surface area contributed by atoms with Crippen LogP contribution in [0.3, 0.4) is 0 Å². The molecule has 40 heteroatoms. The van der Waals surface area contributed by atoms with Gasteiger partial charge in [0.2, 0.25) is 240 Å². The Kier molecular flexibility index (Phi) is 1950. The van der Waals surface area contributed by atoms with E-state index in [4.69, 9.17) is 0 Å². The molecule has 0 unspecified atom stereocenters. The van der Waals surface area contributed by atoms with E-state index in [1.807, 2.05) is 38.1 Å². The molecule has 0 aliphatic rings. The molecule has 2 rings (SSSR count). The van der Waals surface area contributed by atoms with Crippen molar-refractivity contribution >= 4 is 147 Å². The van der Waals surface area contributed by atoms with Gasteiger partial charge in [-0.2, -0.15) is 0 Å². The Morgan fingerprint density at radius 2 is 0.333 bits per heavy atom. The predicted octanol–water partition coefficient (Wildman–Crippen LogP) is -41.3. The van der Waals surface area contributed by atoms with Crippen molar-refractivity contribution in [1.29, 1.82) is 0 Å². The Hall–Kier alpha value is 9.19. The van der Waals surface area contributed by atoms with Gasteiger partial charge in [0.1, 0.15) is 0 Å². The van der Waals surface area contributed by atoms with Crippen molar-refractivity contribution in [2.75, 3.05) is 0 Å². The van der Waals surface area contributed by atoms with Crippen LogP contribution in [0, 0.1) is 13.8 Å². The molecule has 2 aromatic carbocycles. The van der Waals surface area contributed by atoms with Crippen LogP contribution in [0.1, 0.15) is 11.1 Å². The minimum absolute atomic E-state index is 0. The van der Waals surface area contributed by atoms with Gasteiger partial charge in [-0.05, 0) is 13.8 Å². The summed E-state index contributed by atoms with van der Waals surface area (Å²) in [6.07, 6.45) is 0. The zero-order valence-corrected chi connectivity index (χ0v) is 67.4. The third kappa shape index (κ3) is 260. The second-order valence-corrected chi connectivity index (χ2v) is 3.63. The van der Waals surface area contributed by atoms with E-state index in [1.165, 1.54) is 0 Å². The summed E-state index contributed by atoms with van der Waals surface area (Å²) in [5.74, 6) is 0.159. The van der Waals surface area contributed by atoms with Crippen LogP contribution in [0.2, 0.25) is 0 Å². The van der Waals surface area contributed by atoms with Crippen LogP contribution in [-0.2, 0) is 0 Å². The number of halogens is 16. The van der Waals surface area contributed by atoms with Crippen LogP contribution in [0.25, 0.3) is 0 Å². The van der Waals surface area contributed by atoms with Crippen molar-refractivity contribution in [3.8, 4) is 11.5 Å². The molecule has 0 amide bonds. The molecular formula is C14H62F6I10O18Sb6-2. The Morgan fingerprint density at radius 3 is 0.389 bits per heavy atom. The normalized spacial score (nSPS) is 2.70. The third-order valence-electron chi connectivity index (χ3n) is 2.04. The van der Waals surface area contributed by atoms with Crippen molar-refractivity contribution in [2.45, 2.75) is 13.8 Å². The van der Waals surface area contributed by atoms with Crippen molar-refractivity contribution in [1.82, 2.24) is 0 Å². The van der Waals surface area contributed by atoms with E-state index in [0.29, 0.717) is 0 Å². The molecule has 370 valence electrons. The zero-order chi connectivity index (χ0) is 12.0. The molecule has 2 aromatic rings. The Morgan fingerprint density at radius 1 is 0.259 bits per heavy atom. The van der Waals surface area contributed by atoms with Gasteiger partial charge in [0.15, 0.2) is 0 Å². The molecule has 0 heterocycles. The zero-order valence-electron chi connectivity index (χ0n) is 26.5. The van der Waals surface area contributed by atoms with Crippen LogP contribution in [-0.4, -0.2) is 234 Å². The molecule has 0 atom stereocenters. The van der Waals surface area contributed by atoms with Gasteiger partial charge in [-0.1, -0.05) is 59.7 Å². The Labute approximate surface area is 585 Å². The molecule has 0 aliphatic carbocycles. The Balaban J connectivity index is -0.00000000155. The van der Waals surface area contributed by atoms with Crippen LogP contribution in [0.15, 0.2) is 48.5 Å². The Bertz CT molecular complexity index is 439. The summed E-state index contributed by atoms with van der Waals surface area (Å²) in [5, 5.41) is 20.8. The largest absolute Gasteiger partial charge is 0.872 e. The molecule has 0 saturated carbocycles. The van der Waals surface area contributed by atoms with Gasteiger partial charge in [0.25, 0.3) is 0 Å². The summed E-state index contributed by atoms with van der Waals surface area (Å²) < 4.78 is 0. The molecule has 0 spiro atoms. The maximum atomic E-state index is 10.4. The summed E-state index contributed by atoms with van der Waals surface area (Å²) in [6, 6.07) is 13.5. The molecule has 0 fully saturated rings. The van der Waals surface area contributed by atoms with Crippen LogP contribution >= 0.6 is 0 Å². The van der Waals surface area contributed by atoms with E-state index >= 15 is 0 Å². The fraction of sp³-hybridized carbons (Fsp3) is 0.143. The molecule has 54 heavy (non-hydrogen) atoms. The number of hydrogen-bond donors (Lipinski definition) is 0. The van der Waals surface area contributed by atoms with Gasteiger partial charge in [0, 0.05) is 147 Å². The summed E-state index contributed by atoms with van der Waals surface area (Å²) in [6.45, 7) is 3.92. The summed E-state index contributed by atoms with van der Waals surface area (Å²) >= 11 is 0. The summed E-state index contributed by atoms with van der Waals surface area (Å²) in [7, 11) is 0. The van der Waals surface area contributed by atoms with Gasteiger partial charge in [-0.15, -0.1) is 11.5 Å². The van der Waals surface area contributed by atoms with E-state index in [0.717, 1.165) is 11.1 Å². The summed E-state index contributed by atoms with van der Waals surface area (Å²) in [4.78, 5) is 0. The number of hydrogen-bond acceptors (Lipinski definition) is 12. The van der Waals surface area contributed by atoms with Gasteiger partial charge in [-0.25, -0.2) is 0 Å².